The molecule has 4 N–H and O–H groups in total. The number of nitrogens with two attached hydrogens (primary N) is 1. The summed E-state index contributed by atoms with van der Waals surface area (Å²) in [4.78, 5) is 18.8. The molecule has 8 heteroatoms. The van der Waals surface area contributed by atoms with E-state index in [4.69, 9.17) is 5.73 Å². The third kappa shape index (κ3) is 4.29. The number of aryl methyl sites for hydroxylation is 1. The van der Waals surface area contributed by atoms with Crippen molar-refractivity contribution >= 4 is 29.0 Å². The summed E-state index contributed by atoms with van der Waals surface area (Å²) in [5, 5.41) is 17.2. The Morgan fingerprint density at radius 1 is 1.26 bits per heavy atom. The summed E-state index contributed by atoms with van der Waals surface area (Å²) in [5.41, 5.74) is 7.18. The molecule has 0 saturated heterocycles. The zero-order valence-corrected chi connectivity index (χ0v) is 13.3. The molecule has 0 aliphatic carbocycles. The lowest BCUT2D eigenvalue weighted by molar-refractivity contribution is -0.383. The molecule has 0 aliphatic heterocycles. The largest absolute Gasteiger partial charge is 0.378 e. The first kappa shape index (κ1) is 16.5. The van der Waals surface area contributed by atoms with Crippen LogP contribution in [0.25, 0.3) is 0 Å². The van der Waals surface area contributed by atoms with Gasteiger partial charge in [0.15, 0.2) is 0 Å². The number of rotatable bonds is 6. The smallest absolute Gasteiger partial charge is 0.353 e. The summed E-state index contributed by atoms with van der Waals surface area (Å²) in [5.74, 6) is 0.531. The van der Waals surface area contributed by atoms with Gasteiger partial charge in [0.05, 0.1) is 4.92 Å². The van der Waals surface area contributed by atoms with E-state index in [2.05, 4.69) is 20.6 Å². The number of nitro groups is 1. The first-order valence-electron chi connectivity index (χ1n) is 7.26. The SMILES string of the molecule is Cc1ccc(Nc2nc(NCC(C)C)nc(N)c2[N+](=O)[O-])cc1. The molecule has 1 aromatic carbocycles. The number of nitrogens with one attached hydrogen (secondary N) is 2. The molecule has 0 saturated carbocycles. The molecule has 1 heterocycles. The number of benzene rings is 1. The monoisotopic (exact) mass is 316 g/mol. The fraction of sp³-hybridized carbons (Fsp3) is 0.333. The number of hydrogen-bond acceptors (Lipinski definition) is 7. The molecule has 1 aromatic heterocycles. The first-order chi connectivity index (χ1) is 10.9. The summed E-state index contributed by atoms with van der Waals surface area (Å²) in [6, 6.07) is 7.43. The molecule has 0 spiro atoms. The van der Waals surface area contributed by atoms with Gasteiger partial charge in [0.1, 0.15) is 0 Å². The van der Waals surface area contributed by atoms with Crippen LogP contribution in [0.4, 0.5) is 29.0 Å². The van der Waals surface area contributed by atoms with E-state index in [1.165, 1.54) is 0 Å². The second-order valence-electron chi connectivity index (χ2n) is 5.65. The molecule has 0 radical (unpaired) electrons. The molecule has 0 unspecified atom stereocenters. The fourth-order valence-corrected chi connectivity index (χ4v) is 1.89. The molecular weight excluding hydrogens is 296 g/mol. The Morgan fingerprint density at radius 3 is 2.48 bits per heavy atom. The van der Waals surface area contributed by atoms with Crippen molar-refractivity contribution in [2.45, 2.75) is 20.8 Å². The maximum Gasteiger partial charge on any atom is 0.353 e. The molecule has 0 amide bonds. The van der Waals surface area contributed by atoms with Crippen LogP contribution >= 0.6 is 0 Å². The molecule has 0 aliphatic rings. The Morgan fingerprint density at radius 2 is 1.91 bits per heavy atom. The predicted molar refractivity (Wildman–Crippen MR) is 90.9 cm³/mol. The van der Waals surface area contributed by atoms with E-state index < -0.39 is 4.92 Å². The van der Waals surface area contributed by atoms with Gasteiger partial charge >= 0.3 is 5.69 Å². The van der Waals surface area contributed by atoms with E-state index >= 15 is 0 Å². The number of nitrogens with zero attached hydrogens (tertiary/aromatic N) is 3. The predicted octanol–water partition coefficient (Wildman–Crippen LogP) is 3.09. The number of aromatic nitrogens is 2. The van der Waals surface area contributed by atoms with Gasteiger partial charge in [-0.15, -0.1) is 0 Å². The molecule has 23 heavy (non-hydrogen) atoms. The Balaban J connectivity index is 2.37. The highest BCUT2D eigenvalue weighted by molar-refractivity contribution is 5.74. The fourth-order valence-electron chi connectivity index (χ4n) is 1.89. The molecule has 0 bridgehead atoms. The average molecular weight is 316 g/mol. The number of nitrogen functional groups attached to an aromatic ring is 1. The molecule has 122 valence electrons. The van der Waals surface area contributed by atoms with Gasteiger partial charge in [0, 0.05) is 12.2 Å². The molecule has 2 aromatic rings. The lowest BCUT2D eigenvalue weighted by Gasteiger charge is -2.11. The van der Waals surface area contributed by atoms with Crippen molar-refractivity contribution in [2.75, 3.05) is 22.9 Å². The van der Waals surface area contributed by atoms with Crippen molar-refractivity contribution in [3.8, 4) is 0 Å². The van der Waals surface area contributed by atoms with Gasteiger partial charge < -0.3 is 16.4 Å². The van der Waals surface area contributed by atoms with Gasteiger partial charge in [-0.1, -0.05) is 31.5 Å². The quantitative estimate of drug-likeness (QED) is 0.553. The van der Waals surface area contributed by atoms with Crippen LogP contribution in [-0.4, -0.2) is 21.4 Å². The number of anilines is 4. The minimum Gasteiger partial charge on any atom is -0.378 e. The molecule has 2 rings (SSSR count). The van der Waals surface area contributed by atoms with Gasteiger partial charge in [0.2, 0.25) is 17.6 Å². The molecule has 8 nitrogen and oxygen atoms in total. The van der Waals surface area contributed by atoms with Gasteiger partial charge in [-0.25, -0.2) is 0 Å². The van der Waals surface area contributed by atoms with E-state index in [9.17, 15) is 10.1 Å². The summed E-state index contributed by atoms with van der Waals surface area (Å²) in [6.45, 7) is 6.67. The Bertz CT molecular complexity index is 700. The third-order valence-corrected chi connectivity index (χ3v) is 3.08. The van der Waals surface area contributed by atoms with Gasteiger partial charge in [0.25, 0.3) is 0 Å². The standard InChI is InChI=1S/C15H20N6O2/c1-9(2)8-17-15-19-13(16)12(21(22)23)14(20-15)18-11-6-4-10(3)5-7-11/h4-7,9H,8H2,1-3H3,(H4,16,17,18,19,20). The Labute approximate surface area is 134 Å². The zero-order valence-electron chi connectivity index (χ0n) is 13.3. The van der Waals surface area contributed by atoms with Crippen molar-refractivity contribution in [3.63, 3.8) is 0 Å². The van der Waals surface area contributed by atoms with E-state index in [1.54, 1.807) is 0 Å². The van der Waals surface area contributed by atoms with Crippen LogP contribution in [0.5, 0.6) is 0 Å². The van der Waals surface area contributed by atoms with E-state index in [1.807, 2.05) is 45.0 Å². The van der Waals surface area contributed by atoms with Crippen molar-refractivity contribution in [2.24, 2.45) is 5.92 Å². The lowest BCUT2D eigenvalue weighted by atomic mass is 10.2. The van der Waals surface area contributed by atoms with E-state index in [0.717, 1.165) is 5.56 Å². The highest BCUT2D eigenvalue weighted by Gasteiger charge is 2.23. The molecular formula is C15H20N6O2. The van der Waals surface area contributed by atoms with E-state index in [-0.39, 0.29) is 23.3 Å². The lowest BCUT2D eigenvalue weighted by Crippen LogP contribution is -2.13. The number of hydrogen-bond donors (Lipinski definition) is 3. The van der Waals surface area contributed by atoms with Crippen LogP contribution in [0.15, 0.2) is 24.3 Å². The first-order valence-corrected chi connectivity index (χ1v) is 7.26. The van der Waals surface area contributed by atoms with Gasteiger partial charge in [-0.2, -0.15) is 9.97 Å². The van der Waals surface area contributed by atoms with E-state index in [0.29, 0.717) is 18.2 Å². The highest BCUT2D eigenvalue weighted by Crippen LogP contribution is 2.31. The third-order valence-electron chi connectivity index (χ3n) is 3.08. The maximum atomic E-state index is 11.2. The normalized spacial score (nSPS) is 10.6. The second-order valence-corrected chi connectivity index (χ2v) is 5.65. The minimum atomic E-state index is -0.585. The van der Waals surface area contributed by atoms with Crippen LogP contribution in [0, 0.1) is 23.0 Å². The summed E-state index contributed by atoms with van der Waals surface area (Å²) < 4.78 is 0. The van der Waals surface area contributed by atoms with Crippen LogP contribution in [0.2, 0.25) is 0 Å². The van der Waals surface area contributed by atoms with Crippen LogP contribution in [0.3, 0.4) is 0 Å². The van der Waals surface area contributed by atoms with Crippen molar-refractivity contribution in [3.05, 3.63) is 39.9 Å². The van der Waals surface area contributed by atoms with Crippen LogP contribution in [0.1, 0.15) is 19.4 Å². The van der Waals surface area contributed by atoms with Crippen molar-refractivity contribution in [1.29, 1.82) is 0 Å². The average Bonchev–Trinajstić information content (AvgIpc) is 2.46. The maximum absolute atomic E-state index is 11.2. The van der Waals surface area contributed by atoms with Gasteiger partial charge in [-0.3, -0.25) is 10.1 Å². The van der Waals surface area contributed by atoms with Crippen molar-refractivity contribution < 1.29 is 4.92 Å². The van der Waals surface area contributed by atoms with Crippen molar-refractivity contribution in [1.82, 2.24) is 9.97 Å². The van der Waals surface area contributed by atoms with Crippen LogP contribution < -0.4 is 16.4 Å². The Kier molecular flexibility index (Phi) is 4.95. The van der Waals surface area contributed by atoms with Crippen LogP contribution in [-0.2, 0) is 0 Å². The summed E-state index contributed by atoms with van der Waals surface area (Å²) in [7, 11) is 0. The Hall–Kier alpha value is -2.90. The molecule has 0 fully saturated rings. The summed E-state index contributed by atoms with van der Waals surface area (Å²) >= 11 is 0. The highest BCUT2D eigenvalue weighted by atomic mass is 16.6. The van der Waals surface area contributed by atoms with Gasteiger partial charge in [-0.05, 0) is 25.0 Å². The topological polar surface area (TPSA) is 119 Å². The zero-order chi connectivity index (χ0) is 17.0. The minimum absolute atomic E-state index is 0.0672. The second kappa shape index (κ2) is 6.91. The summed E-state index contributed by atoms with van der Waals surface area (Å²) in [6.07, 6.45) is 0. The molecule has 0 atom stereocenters.